The molecule has 0 saturated heterocycles. The summed E-state index contributed by atoms with van der Waals surface area (Å²) in [5, 5.41) is 3.85. The maximum atomic E-state index is 13.1. The lowest BCUT2D eigenvalue weighted by Gasteiger charge is -2.19. The van der Waals surface area contributed by atoms with Crippen LogP contribution in [0, 0.1) is 6.92 Å². The molecule has 2 atom stereocenters. The highest BCUT2D eigenvalue weighted by atomic mass is 33.1. The highest BCUT2D eigenvalue weighted by molar-refractivity contribution is 8.90. The first-order valence-electron chi connectivity index (χ1n) is 7.73. The van der Waals surface area contributed by atoms with Crippen LogP contribution in [0.1, 0.15) is 46.1 Å². The van der Waals surface area contributed by atoms with Crippen LogP contribution in [0.25, 0.3) is 0 Å². The highest BCUT2D eigenvalue weighted by Crippen LogP contribution is 2.73. The number of rotatable bonds is 9. The Bertz CT molecular complexity index is 521. The van der Waals surface area contributed by atoms with Gasteiger partial charge in [0.25, 0.3) is 5.70 Å². The third kappa shape index (κ3) is 6.80. The van der Waals surface area contributed by atoms with Crippen LogP contribution in [-0.2, 0) is 4.57 Å². The number of para-hydroxylation sites is 1. The van der Waals surface area contributed by atoms with E-state index in [9.17, 15) is 4.57 Å². The lowest BCUT2D eigenvalue weighted by molar-refractivity contribution is 0.594. The van der Waals surface area contributed by atoms with Crippen molar-refractivity contribution in [2.24, 2.45) is 4.76 Å². The summed E-state index contributed by atoms with van der Waals surface area (Å²) in [7, 11) is 0. The van der Waals surface area contributed by atoms with Crippen molar-refractivity contribution in [3.05, 3.63) is 29.8 Å². The maximum Gasteiger partial charge on any atom is 0.300 e. The molecule has 1 rings (SSSR count). The molecule has 2 unspecified atom stereocenters. The Morgan fingerprint density at radius 2 is 1.73 bits per heavy atom. The molecule has 0 amide bonds. The van der Waals surface area contributed by atoms with Crippen LogP contribution < -0.4 is 5.32 Å². The Hall–Kier alpha value is -0.380. The number of hydrogen-bond donors (Lipinski definition) is 1. The van der Waals surface area contributed by atoms with E-state index in [4.69, 9.17) is 0 Å². The molecule has 0 aliphatic rings. The Morgan fingerprint density at radius 1 is 1.18 bits per heavy atom. The minimum Gasteiger partial charge on any atom is -0.346 e. The van der Waals surface area contributed by atoms with Gasteiger partial charge in [-0.25, -0.2) is 0 Å². The number of hydrogen-bond acceptors (Lipinski definition) is 3. The van der Waals surface area contributed by atoms with Crippen molar-refractivity contribution in [2.45, 2.75) is 58.0 Å². The van der Waals surface area contributed by atoms with Crippen LogP contribution in [0.15, 0.2) is 29.0 Å². The number of nitrogens with zero attached hydrogens (tertiary/aromatic N) is 1. The van der Waals surface area contributed by atoms with Crippen molar-refractivity contribution >= 4 is 40.5 Å². The predicted octanol–water partition coefficient (Wildman–Crippen LogP) is 6.61. The molecule has 1 aromatic rings. The van der Waals surface area contributed by atoms with Gasteiger partial charge in [-0.1, -0.05) is 68.7 Å². The molecule has 3 nitrogen and oxygen atoms in total. The van der Waals surface area contributed by atoms with Gasteiger partial charge in [0.2, 0.25) is 0 Å². The second kappa shape index (κ2) is 9.69. The smallest absolute Gasteiger partial charge is 0.300 e. The van der Waals surface area contributed by atoms with Crippen molar-refractivity contribution in [1.82, 2.24) is 0 Å². The molecule has 0 spiro atoms. The summed E-state index contributed by atoms with van der Waals surface area (Å²) in [6.45, 7) is 10.5. The van der Waals surface area contributed by atoms with Crippen LogP contribution in [-0.4, -0.2) is 16.8 Å². The van der Waals surface area contributed by atoms with Crippen LogP contribution in [0.3, 0.4) is 0 Å². The average molecular weight is 359 g/mol. The van der Waals surface area contributed by atoms with Crippen molar-refractivity contribution in [3.63, 3.8) is 0 Å². The Kier molecular flexibility index (Phi) is 8.66. The lowest BCUT2D eigenvalue weighted by Crippen LogP contribution is -1.98. The van der Waals surface area contributed by atoms with E-state index >= 15 is 0 Å². The van der Waals surface area contributed by atoms with Crippen LogP contribution in [0.2, 0.25) is 0 Å². The van der Waals surface area contributed by atoms with Gasteiger partial charge >= 0.3 is 0 Å². The van der Waals surface area contributed by atoms with Crippen LogP contribution in [0.4, 0.5) is 5.69 Å². The minimum atomic E-state index is -2.68. The van der Waals surface area contributed by atoms with Gasteiger partial charge < -0.3 is 5.32 Å². The maximum absolute atomic E-state index is 13.1. The first-order valence-corrected chi connectivity index (χ1v) is 12.4. The zero-order chi connectivity index (χ0) is 16.6. The summed E-state index contributed by atoms with van der Waals surface area (Å²) in [5.74, 6) is 0. The van der Waals surface area contributed by atoms with E-state index < -0.39 is 5.70 Å². The average Bonchev–Trinajstić information content (AvgIpc) is 2.48. The fourth-order valence-electron chi connectivity index (χ4n) is 1.59. The lowest BCUT2D eigenvalue weighted by atomic mass is 10.2. The summed E-state index contributed by atoms with van der Waals surface area (Å²) in [6, 6.07) is 8.01. The first kappa shape index (κ1) is 19.7. The molecule has 6 heteroatoms. The van der Waals surface area contributed by atoms with E-state index in [-0.39, 0.29) is 0 Å². The number of aryl methyl sites for hydroxylation is 1. The Labute approximate surface area is 143 Å². The number of benzene rings is 1. The Morgan fingerprint density at radius 3 is 2.23 bits per heavy atom. The van der Waals surface area contributed by atoms with E-state index in [2.05, 4.69) is 37.8 Å². The van der Waals surface area contributed by atoms with Gasteiger partial charge in [-0.15, -0.1) is 0 Å². The molecule has 0 fully saturated rings. The Balaban J connectivity index is 2.81. The van der Waals surface area contributed by atoms with Crippen molar-refractivity contribution < 1.29 is 4.57 Å². The fourth-order valence-corrected chi connectivity index (χ4v) is 10.6. The molecule has 0 saturated carbocycles. The second-order valence-corrected chi connectivity index (χ2v) is 13.4. The predicted molar refractivity (Wildman–Crippen MR) is 106 cm³/mol. The summed E-state index contributed by atoms with van der Waals surface area (Å²) in [5.41, 5.74) is -0.530. The summed E-state index contributed by atoms with van der Waals surface area (Å²) in [6.07, 6.45) is 3.60. The molecule has 0 aromatic heterocycles. The molecule has 22 heavy (non-hydrogen) atoms. The van der Waals surface area contributed by atoms with Crippen molar-refractivity contribution in [2.75, 3.05) is 5.32 Å². The van der Waals surface area contributed by atoms with Gasteiger partial charge in [-0.05, 0) is 31.4 Å². The molecule has 1 N–H and O–H groups in total. The second-order valence-electron chi connectivity index (χ2n) is 5.32. The summed E-state index contributed by atoms with van der Waals surface area (Å²) in [4.78, 5) is 0. The largest absolute Gasteiger partial charge is 0.346 e. The van der Waals surface area contributed by atoms with Gasteiger partial charge in [-0.2, -0.15) is 4.76 Å². The molecule has 124 valence electrons. The SMILES string of the molecule is CCC(C)SP(=O)(N=CNc1ccccc1C)SC(C)CC. The zero-order valence-corrected chi connectivity index (χ0v) is 16.6. The molecule has 0 radical (unpaired) electrons. The van der Waals surface area contributed by atoms with E-state index in [1.165, 1.54) is 22.8 Å². The minimum absolute atomic E-state index is 0.345. The van der Waals surface area contributed by atoms with Gasteiger partial charge in [0, 0.05) is 16.2 Å². The van der Waals surface area contributed by atoms with E-state index in [1.807, 2.05) is 31.2 Å². The molecule has 1 aromatic carbocycles. The molecule has 0 aliphatic heterocycles. The number of anilines is 1. The molecular weight excluding hydrogens is 331 g/mol. The van der Waals surface area contributed by atoms with Crippen molar-refractivity contribution in [3.8, 4) is 0 Å². The van der Waals surface area contributed by atoms with E-state index in [0.29, 0.717) is 10.5 Å². The molecule has 0 heterocycles. The van der Waals surface area contributed by atoms with Gasteiger partial charge in [-0.3, -0.25) is 4.57 Å². The molecule has 0 aliphatic carbocycles. The van der Waals surface area contributed by atoms with Gasteiger partial charge in [0.15, 0.2) is 0 Å². The standard InChI is InChI=1S/C16H27N2OPS2/c1-6-14(4)21-20(19,22-15(5)7-2)18-12-17-16-11-9-8-10-13(16)3/h8-12,14-15H,6-7H2,1-5H3,(H,17,18,19). The van der Waals surface area contributed by atoms with Crippen LogP contribution in [0.5, 0.6) is 0 Å². The molecular formula is C16H27N2OPS2. The monoisotopic (exact) mass is 358 g/mol. The van der Waals surface area contributed by atoms with Gasteiger partial charge in [0.05, 0.1) is 6.34 Å². The highest BCUT2D eigenvalue weighted by Gasteiger charge is 2.27. The summed E-state index contributed by atoms with van der Waals surface area (Å²) < 4.78 is 17.5. The normalized spacial score (nSPS) is 17.1. The number of nitrogens with one attached hydrogen (secondary N) is 1. The quantitative estimate of drug-likeness (QED) is 0.306. The topological polar surface area (TPSA) is 41.5 Å². The van der Waals surface area contributed by atoms with Crippen LogP contribution >= 0.6 is 28.5 Å². The summed E-state index contributed by atoms with van der Waals surface area (Å²) >= 11 is 3.02. The zero-order valence-electron chi connectivity index (χ0n) is 14.1. The first-order chi connectivity index (χ1) is 10.4. The van der Waals surface area contributed by atoms with Crippen molar-refractivity contribution in [1.29, 1.82) is 0 Å². The third-order valence-corrected chi connectivity index (χ3v) is 11.5. The third-order valence-electron chi connectivity index (χ3n) is 3.34. The van der Waals surface area contributed by atoms with E-state index in [0.717, 1.165) is 24.1 Å². The molecule has 0 bridgehead atoms. The fraction of sp³-hybridized carbons (Fsp3) is 0.562. The van der Waals surface area contributed by atoms with E-state index in [1.54, 1.807) is 6.34 Å². The van der Waals surface area contributed by atoms with Gasteiger partial charge in [0.1, 0.15) is 0 Å².